The van der Waals surface area contributed by atoms with Crippen molar-refractivity contribution in [2.24, 2.45) is 0 Å². The normalized spacial score (nSPS) is 11.1. The fourth-order valence-electron chi connectivity index (χ4n) is 2.71. The molecule has 3 rings (SSSR count). The third-order valence-electron chi connectivity index (χ3n) is 4.41. The van der Waals surface area contributed by atoms with E-state index in [2.05, 4.69) is 31.3 Å². The maximum absolute atomic E-state index is 12.5. The number of hydrogen-bond acceptors (Lipinski definition) is 7. The maximum atomic E-state index is 12.5. The van der Waals surface area contributed by atoms with E-state index in [1.807, 2.05) is 0 Å². The van der Waals surface area contributed by atoms with E-state index in [0.29, 0.717) is 40.4 Å². The molecule has 0 saturated carbocycles. The Bertz CT molecular complexity index is 1230. The van der Waals surface area contributed by atoms with Crippen molar-refractivity contribution >= 4 is 54.9 Å². The summed E-state index contributed by atoms with van der Waals surface area (Å²) in [6.45, 7) is 0.875. The lowest BCUT2D eigenvalue weighted by Gasteiger charge is -2.12. The van der Waals surface area contributed by atoms with E-state index in [1.165, 1.54) is 18.4 Å². The molecule has 180 valence electrons. The summed E-state index contributed by atoms with van der Waals surface area (Å²) in [4.78, 5) is 12.6. The minimum Gasteiger partial charge on any atom is -0.490 e. The third-order valence-corrected chi connectivity index (χ3v) is 6.65. The second-order valence-electron chi connectivity index (χ2n) is 6.82. The molecule has 3 aromatic rings. The van der Waals surface area contributed by atoms with Crippen LogP contribution in [0.5, 0.6) is 5.75 Å². The molecule has 1 amide bonds. The standard InChI is InChI=1S/C22H22BrN3O6S2/c1-30-11-12-32-20-9-4-15(13-19(20)23)21(27)26-22(33)25-16-5-7-18(8-6-16)34(28,29)24-14-17-3-2-10-31-17/h2-10,13,24H,11-12,14H2,1H3,(H2,25,26,27,33). The van der Waals surface area contributed by atoms with Crippen molar-refractivity contribution in [2.45, 2.75) is 11.4 Å². The second-order valence-corrected chi connectivity index (χ2v) is 9.85. The molecule has 0 bridgehead atoms. The lowest BCUT2D eigenvalue weighted by atomic mass is 10.2. The summed E-state index contributed by atoms with van der Waals surface area (Å²) in [5, 5.41) is 5.50. The Morgan fingerprint density at radius 3 is 2.53 bits per heavy atom. The van der Waals surface area contributed by atoms with Gasteiger partial charge in [-0.05, 0) is 82.7 Å². The number of rotatable bonds is 10. The zero-order valence-electron chi connectivity index (χ0n) is 18.0. The number of carbonyl (C=O) groups is 1. The number of nitrogens with one attached hydrogen (secondary N) is 3. The molecule has 0 fully saturated rings. The van der Waals surface area contributed by atoms with Gasteiger partial charge >= 0.3 is 0 Å². The first-order valence-electron chi connectivity index (χ1n) is 9.94. The van der Waals surface area contributed by atoms with Gasteiger partial charge in [-0.15, -0.1) is 0 Å². The van der Waals surface area contributed by atoms with Crippen molar-refractivity contribution in [3.05, 3.63) is 76.7 Å². The van der Waals surface area contributed by atoms with Crippen LogP contribution in [0.1, 0.15) is 16.1 Å². The van der Waals surface area contributed by atoms with Crippen LogP contribution in [-0.4, -0.2) is 39.8 Å². The molecular weight excluding hydrogens is 546 g/mol. The Balaban J connectivity index is 1.54. The number of carbonyl (C=O) groups excluding carboxylic acids is 1. The van der Waals surface area contributed by atoms with Crippen LogP contribution >= 0.6 is 28.1 Å². The molecule has 2 aromatic carbocycles. The van der Waals surface area contributed by atoms with E-state index in [-0.39, 0.29) is 16.6 Å². The predicted octanol–water partition coefficient (Wildman–Crippen LogP) is 3.67. The molecule has 9 nitrogen and oxygen atoms in total. The lowest BCUT2D eigenvalue weighted by Crippen LogP contribution is -2.34. The van der Waals surface area contributed by atoms with E-state index < -0.39 is 15.9 Å². The van der Waals surface area contributed by atoms with Gasteiger partial charge in [-0.25, -0.2) is 13.1 Å². The number of furan rings is 1. The number of amides is 1. The molecule has 0 atom stereocenters. The minimum atomic E-state index is -3.71. The van der Waals surface area contributed by atoms with Crippen molar-refractivity contribution < 1.29 is 27.1 Å². The molecule has 0 aliphatic heterocycles. The van der Waals surface area contributed by atoms with Gasteiger partial charge in [0, 0.05) is 18.4 Å². The Hall–Kier alpha value is -2.77. The average molecular weight is 568 g/mol. The Morgan fingerprint density at radius 2 is 1.88 bits per heavy atom. The highest BCUT2D eigenvalue weighted by Crippen LogP contribution is 2.26. The van der Waals surface area contributed by atoms with Crippen molar-refractivity contribution in [1.29, 1.82) is 0 Å². The van der Waals surface area contributed by atoms with Gasteiger partial charge in [-0.3, -0.25) is 10.1 Å². The van der Waals surface area contributed by atoms with E-state index in [4.69, 9.17) is 26.1 Å². The lowest BCUT2D eigenvalue weighted by molar-refractivity contribution is 0.0977. The maximum Gasteiger partial charge on any atom is 0.257 e. The number of methoxy groups -OCH3 is 1. The molecule has 3 N–H and O–H groups in total. The summed E-state index contributed by atoms with van der Waals surface area (Å²) in [6.07, 6.45) is 1.47. The van der Waals surface area contributed by atoms with Crippen molar-refractivity contribution in [2.75, 3.05) is 25.6 Å². The first kappa shape index (κ1) is 25.8. The monoisotopic (exact) mass is 567 g/mol. The molecule has 0 saturated heterocycles. The molecule has 0 aliphatic rings. The van der Waals surface area contributed by atoms with Crippen molar-refractivity contribution in [1.82, 2.24) is 10.0 Å². The SMILES string of the molecule is COCCOc1ccc(C(=O)NC(=S)Nc2ccc(S(=O)(=O)NCc3ccco3)cc2)cc1Br. The van der Waals surface area contributed by atoms with Gasteiger partial charge in [0.2, 0.25) is 10.0 Å². The smallest absolute Gasteiger partial charge is 0.257 e. The van der Waals surface area contributed by atoms with Gasteiger partial charge in [0.1, 0.15) is 18.1 Å². The van der Waals surface area contributed by atoms with Gasteiger partial charge < -0.3 is 19.2 Å². The quantitative estimate of drug-likeness (QED) is 0.251. The van der Waals surface area contributed by atoms with Crippen molar-refractivity contribution in [3.8, 4) is 5.75 Å². The number of halogens is 1. The molecular formula is C22H22BrN3O6S2. The van der Waals surface area contributed by atoms with E-state index in [0.717, 1.165) is 0 Å². The van der Waals surface area contributed by atoms with Gasteiger partial charge in [-0.1, -0.05) is 0 Å². The minimum absolute atomic E-state index is 0.0435. The first-order chi connectivity index (χ1) is 16.3. The number of ether oxygens (including phenoxy) is 2. The van der Waals surface area contributed by atoms with E-state index in [9.17, 15) is 13.2 Å². The van der Waals surface area contributed by atoms with Crippen LogP contribution in [0.25, 0.3) is 0 Å². The largest absolute Gasteiger partial charge is 0.490 e. The van der Waals surface area contributed by atoms with Crippen LogP contribution in [-0.2, 0) is 21.3 Å². The molecule has 0 spiro atoms. The molecule has 0 radical (unpaired) electrons. The molecule has 34 heavy (non-hydrogen) atoms. The molecule has 1 heterocycles. The highest BCUT2D eigenvalue weighted by atomic mass is 79.9. The van der Waals surface area contributed by atoms with Crippen LogP contribution in [0.15, 0.2) is 74.6 Å². The third kappa shape index (κ3) is 7.37. The summed E-state index contributed by atoms with van der Waals surface area (Å²) in [5.41, 5.74) is 0.887. The van der Waals surface area contributed by atoms with E-state index in [1.54, 1.807) is 49.6 Å². The number of anilines is 1. The summed E-state index contributed by atoms with van der Waals surface area (Å²) in [6, 6.07) is 14.2. The average Bonchev–Trinajstić information content (AvgIpc) is 3.33. The first-order valence-corrected chi connectivity index (χ1v) is 12.6. The van der Waals surface area contributed by atoms with Crippen LogP contribution in [0.2, 0.25) is 0 Å². The van der Waals surface area contributed by atoms with Gasteiger partial charge in [0.05, 0.1) is 28.8 Å². The van der Waals surface area contributed by atoms with Gasteiger partial charge in [0.15, 0.2) is 5.11 Å². The van der Waals surface area contributed by atoms with E-state index >= 15 is 0 Å². The molecule has 0 unspecified atom stereocenters. The fraction of sp³-hybridized carbons (Fsp3) is 0.182. The number of thiocarbonyl (C=S) groups is 1. The van der Waals surface area contributed by atoms with Crippen LogP contribution in [0, 0.1) is 0 Å². The summed E-state index contributed by atoms with van der Waals surface area (Å²) in [5.74, 6) is 0.675. The highest BCUT2D eigenvalue weighted by Gasteiger charge is 2.15. The van der Waals surface area contributed by atoms with Gasteiger partial charge in [-0.2, -0.15) is 0 Å². The Kier molecular flexibility index (Phi) is 9.19. The number of sulfonamides is 1. The van der Waals surface area contributed by atoms with Crippen molar-refractivity contribution in [3.63, 3.8) is 0 Å². The summed E-state index contributed by atoms with van der Waals surface area (Å²) >= 11 is 8.58. The second kappa shape index (κ2) is 12.1. The number of hydrogen-bond donors (Lipinski definition) is 3. The fourth-order valence-corrected chi connectivity index (χ4v) is 4.41. The topological polar surface area (TPSA) is 119 Å². The van der Waals surface area contributed by atoms with Crippen LogP contribution in [0.3, 0.4) is 0 Å². The molecule has 12 heteroatoms. The molecule has 0 aliphatic carbocycles. The predicted molar refractivity (Wildman–Crippen MR) is 134 cm³/mol. The summed E-state index contributed by atoms with van der Waals surface area (Å²) in [7, 11) is -2.13. The molecule has 1 aromatic heterocycles. The van der Waals surface area contributed by atoms with Gasteiger partial charge in [0.25, 0.3) is 5.91 Å². The number of benzene rings is 2. The Morgan fingerprint density at radius 1 is 1.12 bits per heavy atom. The van der Waals surface area contributed by atoms with Crippen LogP contribution in [0.4, 0.5) is 5.69 Å². The van der Waals surface area contributed by atoms with Crippen LogP contribution < -0.4 is 20.1 Å². The summed E-state index contributed by atoms with van der Waals surface area (Å²) < 4.78 is 43.5. The zero-order chi connectivity index (χ0) is 24.6. The highest BCUT2D eigenvalue weighted by molar-refractivity contribution is 9.10. The zero-order valence-corrected chi connectivity index (χ0v) is 21.3. The Labute approximate surface area is 211 Å².